The average Bonchev–Trinajstić information content (AvgIpc) is 3.21. The number of hydrogen-bond acceptors (Lipinski definition) is 6. The highest BCUT2D eigenvalue weighted by atomic mass is 32.1. The Balaban J connectivity index is 1.59. The second-order valence-electron chi connectivity index (χ2n) is 7.02. The minimum atomic E-state index is -0.244. The molecule has 6 nitrogen and oxygen atoms in total. The lowest BCUT2D eigenvalue weighted by Gasteiger charge is -2.41. The van der Waals surface area contributed by atoms with Gasteiger partial charge in [-0.1, -0.05) is 30.3 Å². The van der Waals surface area contributed by atoms with Gasteiger partial charge in [0.1, 0.15) is 5.69 Å². The molecule has 1 aliphatic rings. The molecule has 1 saturated heterocycles. The Hall–Kier alpha value is -2.77. The molecule has 4 rings (SSSR count). The van der Waals surface area contributed by atoms with Gasteiger partial charge in [0.15, 0.2) is 5.13 Å². The number of nitrogens with zero attached hydrogens (tertiary/aromatic N) is 3. The summed E-state index contributed by atoms with van der Waals surface area (Å²) in [6, 6.07) is 13.7. The molecule has 3 heterocycles. The van der Waals surface area contributed by atoms with E-state index in [0.717, 1.165) is 18.5 Å². The predicted octanol–water partition coefficient (Wildman–Crippen LogP) is 2.83. The van der Waals surface area contributed by atoms with Crippen molar-refractivity contribution in [1.82, 2.24) is 14.9 Å². The lowest BCUT2D eigenvalue weighted by atomic mass is 9.70. The number of anilines is 1. The molecule has 0 radical (unpaired) electrons. The Morgan fingerprint density at radius 2 is 1.96 bits per heavy atom. The summed E-state index contributed by atoms with van der Waals surface area (Å²) in [4.78, 5) is 23.5. The maximum absolute atomic E-state index is 12.9. The van der Waals surface area contributed by atoms with E-state index in [1.807, 2.05) is 28.5 Å². The van der Waals surface area contributed by atoms with Gasteiger partial charge in [-0.2, -0.15) is 0 Å². The van der Waals surface area contributed by atoms with Gasteiger partial charge in [-0.05, 0) is 36.1 Å². The molecule has 1 amide bonds. The van der Waals surface area contributed by atoms with Crippen molar-refractivity contribution < 1.29 is 9.90 Å². The van der Waals surface area contributed by atoms with E-state index in [9.17, 15) is 9.90 Å². The molecule has 0 saturated carbocycles. The minimum Gasteiger partial charge on any atom is -0.392 e. The summed E-state index contributed by atoms with van der Waals surface area (Å²) in [6.45, 7) is 1.11. The van der Waals surface area contributed by atoms with E-state index in [4.69, 9.17) is 5.73 Å². The summed E-state index contributed by atoms with van der Waals surface area (Å²) in [7, 11) is 0. The van der Waals surface area contributed by atoms with Gasteiger partial charge in [-0.25, -0.2) is 4.98 Å². The number of aliphatic hydroxyl groups excluding tert-OH is 1. The third-order valence-electron chi connectivity index (χ3n) is 5.47. The molecular formula is C21H22N4O2S. The van der Waals surface area contributed by atoms with Crippen molar-refractivity contribution in [3.05, 3.63) is 76.6 Å². The second kappa shape index (κ2) is 7.69. The first-order valence-corrected chi connectivity index (χ1v) is 10.1. The zero-order valence-electron chi connectivity index (χ0n) is 15.4. The van der Waals surface area contributed by atoms with Gasteiger partial charge in [0.2, 0.25) is 0 Å². The number of benzene rings is 1. The molecule has 0 aliphatic carbocycles. The lowest BCUT2D eigenvalue weighted by Crippen LogP contribution is -2.46. The predicted molar refractivity (Wildman–Crippen MR) is 109 cm³/mol. The third kappa shape index (κ3) is 3.39. The summed E-state index contributed by atoms with van der Waals surface area (Å²) in [5.41, 5.74) is 8.91. The smallest absolute Gasteiger partial charge is 0.272 e. The number of thiazole rings is 1. The first-order chi connectivity index (χ1) is 13.6. The highest BCUT2D eigenvalue weighted by Crippen LogP contribution is 2.42. The van der Waals surface area contributed by atoms with Crippen molar-refractivity contribution in [2.24, 2.45) is 0 Å². The Morgan fingerprint density at radius 3 is 2.61 bits per heavy atom. The standard InChI is InChI=1S/C21H22N4O2S/c22-20-24-18(14-28-20)21(16-4-2-1-3-5-16)7-10-25(11-8-21)19(27)17-12-15(13-26)6-9-23-17/h1-6,9,12,14,26H,7-8,10-11,13H2,(H2,22,24). The molecule has 144 valence electrons. The van der Waals surface area contributed by atoms with E-state index in [1.54, 1.807) is 18.3 Å². The van der Waals surface area contributed by atoms with Crippen molar-refractivity contribution in [1.29, 1.82) is 0 Å². The van der Waals surface area contributed by atoms with E-state index in [1.165, 1.54) is 16.9 Å². The number of piperidine rings is 1. The van der Waals surface area contributed by atoms with Crippen LogP contribution in [0.1, 0.15) is 40.2 Å². The summed E-state index contributed by atoms with van der Waals surface area (Å²) in [6.07, 6.45) is 3.10. The number of likely N-dealkylation sites (tertiary alicyclic amines) is 1. The van der Waals surface area contributed by atoms with Crippen LogP contribution in [0.25, 0.3) is 0 Å². The van der Waals surface area contributed by atoms with Crippen LogP contribution in [0.4, 0.5) is 5.13 Å². The topological polar surface area (TPSA) is 92.3 Å². The maximum Gasteiger partial charge on any atom is 0.272 e. The Morgan fingerprint density at radius 1 is 1.21 bits per heavy atom. The van der Waals surface area contributed by atoms with Crippen LogP contribution >= 0.6 is 11.3 Å². The number of carbonyl (C=O) groups excluding carboxylic acids is 1. The number of rotatable bonds is 4. The summed E-state index contributed by atoms with van der Waals surface area (Å²) in [5.74, 6) is -0.102. The lowest BCUT2D eigenvalue weighted by molar-refractivity contribution is 0.0678. The first-order valence-electron chi connectivity index (χ1n) is 9.24. The van der Waals surface area contributed by atoms with E-state index < -0.39 is 0 Å². The largest absolute Gasteiger partial charge is 0.392 e. The van der Waals surface area contributed by atoms with Crippen LogP contribution in [0.3, 0.4) is 0 Å². The number of nitrogen functional groups attached to an aromatic ring is 1. The van der Waals surface area contributed by atoms with Crippen LogP contribution in [0.2, 0.25) is 0 Å². The molecule has 3 N–H and O–H groups in total. The number of aromatic nitrogens is 2. The Kier molecular flexibility index (Phi) is 5.11. The fourth-order valence-corrected chi connectivity index (χ4v) is 4.56. The summed E-state index contributed by atoms with van der Waals surface area (Å²) < 4.78 is 0. The van der Waals surface area contributed by atoms with Crippen LogP contribution < -0.4 is 5.73 Å². The number of amides is 1. The highest BCUT2D eigenvalue weighted by Gasteiger charge is 2.41. The number of nitrogens with two attached hydrogens (primary N) is 1. The summed E-state index contributed by atoms with van der Waals surface area (Å²) in [5, 5.41) is 11.9. The highest BCUT2D eigenvalue weighted by molar-refractivity contribution is 7.13. The SMILES string of the molecule is Nc1nc(C2(c3ccccc3)CCN(C(=O)c3cc(CO)ccn3)CC2)cs1. The van der Waals surface area contributed by atoms with Gasteiger partial charge < -0.3 is 15.7 Å². The minimum absolute atomic E-state index is 0.102. The molecule has 0 spiro atoms. The van der Waals surface area contributed by atoms with Gasteiger partial charge in [-0.15, -0.1) is 11.3 Å². The van der Waals surface area contributed by atoms with Crippen molar-refractivity contribution in [3.8, 4) is 0 Å². The van der Waals surface area contributed by atoms with Gasteiger partial charge in [0.25, 0.3) is 5.91 Å². The van der Waals surface area contributed by atoms with Crippen molar-refractivity contribution in [2.75, 3.05) is 18.8 Å². The molecule has 1 fully saturated rings. The van der Waals surface area contributed by atoms with Crippen LogP contribution in [0.15, 0.2) is 54.0 Å². The normalized spacial score (nSPS) is 16.1. The average molecular weight is 395 g/mol. The third-order valence-corrected chi connectivity index (χ3v) is 6.14. The molecular weight excluding hydrogens is 372 g/mol. The zero-order valence-corrected chi connectivity index (χ0v) is 16.2. The number of pyridine rings is 1. The van der Waals surface area contributed by atoms with Crippen LogP contribution in [0.5, 0.6) is 0 Å². The molecule has 3 aromatic rings. The molecule has 0 atom stereocenters. The second-order valence-corrected chi connectivity index (χ2v) is 7.91. The maximum atomic E-state index is 12.9. The molecule has 0 bridgehead atoms. The number of hydrogen-bond donors (Lipinski definition) is 2. The van der Waals surface area contributed by atoms with Crippen molar-refractivity contribution in [3.63, 3.8) is 0 Å². The fourth-order valence-electron chi connectivity index (χ4n) is 3.90. The Labute approximate surface area is 167 Å². The molecule has 7 heteroatoms. The molecule has 1 aromatic carbocycles. The summed E-state index contributed by atoms with van der Waals surface area (Å²) >= 11 is 1.45. The monoisotopic (exact) mass is 394 g/mol. The first kappa shape index (κ1) is 18.6. The zero-order chi connectivity index (χ0) is 19.6. The van der Waals surface area contributed by atoms with E-state index >= 15 is 0 Å². The van der Waals surface area contributed by atoms with Gasteiger partial charge in [-0.3, -0.25) is 9.78 Å². The van der Waals surface area contributed by atoms with Gasteiger partial charge in [0.05, 0.1) is 12.3 Å². The van der Waals surface area contributed by atoms with Gasteiger partial charge >= 0.3 is 0 Å². The molecule has 28 heavy (non-hydrogen) atoms. The van der Waals surface area contributed by atoms with Crippen LogP contribution in [-0.4, -0.2) is 39.0 Å². The van der Waals surface area contributed by atoms with E-state index in [0.29, 0.717) is 29.5 Å². The number of aliphatic hydroxyl groups is 1. The molecule has 2 aromatic heterocycles. The quantitative estimate of drug-likeness (QED) is 0.710. The van der Waals surface area contributed by atoms with Crippen molar-refractivity contribution >= 4 is 22.4 Å². The van der Waals surface area contributed by atoms with Gasteiger partial charge in [0, 0.05) is 30.1 Å². The van der Waals surface area contributed by atoms with Crippen LogP contribution in [0, 0.1) is 0 Å². The van der Waals surface area contributed by atoms with E-state index in [2.05, 4.69) is 22.1 Å². The van der Waals surface area contributed by atoms with E-state index in [-0.39, 0.29) is 17.9 Å². The molecule has 1 aliphatic heterocycles. The molecule has 0 unspecified atom stereocenters. The van der Waals surface area contributed by atoms with Crippen molar-refractivity contribution in [2.45, 2.75) is 24.9 Å². The Bertz CT molecular complexity index is 965. The number of carbonyl (C=O) groups is 1. The van der Waals surface area contributed by atoms with Crippen LogP contribution in [-0.2, 0) is 12.0 Å². The fraction of sp³-hybridized carbons (Fsp3) is 0.286.